The standard InChI is InChI=1S/C13H13N3O3/c1-2-7-4-3-5-14-10(7)11-15-12(19-16-11)8-6-9(8)13(17)18/h3-5,8-9H,2,6H2,1H3,(H,17,18). The van der Waals surface area contributed by atoms with Crippen molar-refractivity contribution in [2.75, 3.05) is 0 Å². The van der Waals surface area contributed by atoms with E-state index in [0.717, 1.165) is 12.0 Å². The molecule has 0 radical (unpaired) electrons. The number of aromatic nitrogens is 3. The average Bonchev–Trinajstić information content (AvgIpc) is 3.09. The Morgan fingerprint density at radius 3 is 3.11 bits per heavy atom. The number of carbonyl (C=O) groups is 1. The molecule has 0 spiro atoms. The number of carboxylic acid groups (broad SMARTS) is 1. The maximum atomic E-state index is 10.8. The van der Waals surface area contributed by atoms with Crippen LogP contribution in [0, 0.1) is 5.92 Å². The van der Waals surface area contributed by atoms with E-state index in [-0.39, 0.29) is 11.8 Å². The minimum atomic E-state index is -0.808. The summed E-state index contributed by atoms with van der Waals surface area (Å²) in [6.07, 6.45) is 3.08. The highest BCUT2D eigenvalue weighted by molar-refractivity contribution is 5.74. The van der Waals surface area contributed by atoms with Gasteiger partial charge in [-0.2, -0.15) is 4.98 Å². The maximum absolute atomic E-state index is 10.8. The topological polar surface area (TPSA) is 89.1 Å². The van der Waals surface area contributed by atoms with Crippen LogP contribution in [0.5, 0.6) is 0 Å². The molecule has 3 rings (SSSR count). The van der Waals surface area contributed by atoms with Crippen LogP contribution in [0.15, 0.2) is 22.9 Å². The van der Waals surface area contributed by atoms with Gasteiger partial charge < -0.3 is 9.63 Å². The fourth-order valence-electron chi connectivity index (χ4n) is 2.15. The van der Waals surface area contributed by atoms with E-state index in [9.17, 15) is 4.79 Å². The molecule has 0 aromatic carbocycles. The molecule has 19 heavy (non-hydrogen) atoms. The number of aliphatic carboxylic acids is 1. The zero-order chi connectivity index (χ0) is 13.4. The summed E-state index contributed by atoms with van der Waals surface area (Å²) in [5.74, 6) is -0.509. The van der Waals surface area contributed by atoms with Crippen molar-refractivity contribution in [2.24, 2.45) is 5.92 Å². The second kappa shape index (κ2) is 4.46. The largest absolute Gasteiger partial charge is 0.481 e. The van der Waals surface area contributed by atoms with Crippen LogP contribution in [0.4, 0.5) is 0 Å². The van der Waals surface area contributed by atoms with Crippen LogP contribution < -0.4 is 0 Å². The highest BCUT2D eigenvalue weighted by Gasteiger charge is 2.48. The van der Waals surface area contributed by atoms with Gasteiger partial charge in [-0.25, -0.2) is 0 Å². The monoisotopic (exact) mass is 259 g/mol. The summed E-state index contributed by atoms with van der Waals surface area (Å²) in [5, 5.41) is 12.8. The summed E-state index contributed by atoms with van der Waals surface area (Å²) in [6, 6.07) is 3.83. The molecule has 1 N–H and O–H groups in total. The number of pyridine rings is 1. The number of hydrogen-bond donors (Lipinski definition) is 1. The van der Waals surface area contributed by atoms with Crippen molar-refractivity contribution >= 4 is 5.97 Å². The van der Waals surface area contributed by atoms with E-state index >= 15 is 0 Å². The molecule has 6 nitrogen and oxygen atoms in total. The lowest BCUT2D eigenvalue weighted by molar-refractivity contribution is -0.138. The first-order valence-electron chi connectivity index (χ1n) is 6.21. The van der Waals surface area contributed by atoms with Gasteiger partial charge in [-0.15, -0.1) is 0 Å². The van der Waals surface area contributed by atoms with E-state index in [1.54, 1.807) is 6.20 Å². The van der Waals surface area contributed by atoms with Crippen molar-refractivity contribution in [3.05, 3.63) is 29.8 Å². The lowest BCUT2D eigenvalue weighted by Gasteiger charge is -2.00. The van der Waals surface area contributed by atoms with Crippen molar-refractivity contribution in [1.82, 2.24) is 15.1 Å². The van der Waals surface area contributed by atoms with Crippen molar-refractivity contribution in [3.8, 4) is 11.5 Å². The summed E-state index contributed by atoms with van der Waals surface area (Å²) in [6.45, 7) is 2.03. The Bertz CT molecular complexity index is 623. The van der Waals surface area contributed by atoms with Crippen LogP contribution >= 0.6 is 0 Å². The molecule has 0 aliphatic heterocycles. The number of rotatable bonds is 4. The van der Waals surface area contributed by atoms with Crippen LogP contribution in [0.1, 0.15) is 30.7 Å². The number of nitrogens with zero attached hydrogens (tertiary/aromatic N) is 3. The third-order valence-electron chi connectivity index (χ3n) is 3.35. The molecule has 2 unspecified atom stereocenters. The quantitative estimate of drug-likeness (QED) is 0.901. The molecule has 0 saturated heterocycles. The van der Waals surface area contributed by atoms with E-state index in [0.29, 0.717) is 23.8 Å². The predicted molar refractivity (Wildman–Crippen MR) is 65.4 cm³/mol. The lowest BCUT2D eigenvalue weighted by Crippen LogP contribution is -1.99. The van der Waals surface area contributed by atoms with Gasteiger partial charge in [0.05, 0.1) is 11.8 Å². The molecule has 2 aromatic rings. The summed E-state index contributed by atoms with van der Waals surface area (Å²) in [4.78, 5) is 19.4. The van der Waals surface area contributed by atoms with Crippen molar-refractivity contribution in [3.63, 3.8) is 0 Å². The first kappa shape index (κ1) is 11.8. The molecule has 1 fully saturated rings. The van der Waals surface area contributed by atoms with Crippen molar-refractivity contribution in [2.45, 2.75) is 25.7 Å². The number of carboxylic acids is 1. The van der Waals surface area contributed by atoms with E-state index in [1.165, 1.54) is 0 Å². The molecule has 2 atom stereocenters. The van der Waals surface area contributed by atoms with Crippen LogP contribution in [0.25, 0.3) is 11.5 Å². The Morgan fingerprint density at radius 2 is 2.42 bits per heavy atom. The van der Waals surface area contributed by atoms with E-state index in [4.69, 9.17) is 9.63 Å². The Kier molecular flexibility index (Phi) is 2.77. The van der Waals surface area contributed by atoms with Crippen LogP contribution in [-0.2, 0) is 11.2 Å². The highest BCUT2D eigenvalue weighted by atomic mass is 16.5. The molecule has 2 aromatic heterocycles. The molecule has 0 bridgehead atoms. The van der Waals surface area contributed by atoms with E-state index in [1.807, 2.05) is 19.1 Å². The Labute approximate surface area is 109 Å². The second-order valence-corrected chi connectivity index (χ2v) is 4.61. The zero-order valence-corrected chi connectivity index (χ0v) is 10.4. The van der Waals surface area contributed by atoms with Gasteiger partial charge >= 0.3 is 5.97 Å². The van der Waals surface area contributed by atoms with Gasteiger partial charge in [0.1, 0.15) is 5.69 Å². The lowest BCUT2D eigenvalue weighted by atomic mass is 10.1. The molecule has 98 valence electrons. The molecule has 0 amide bonds. The van der Waals surface area contributed by atoms with Gasteiger partial charge in [-0.1, -0.05) is 18.1 Å². The number of hydrogen-bond acceptors (Lipinski definition) is 5. The van der Waals surface area contributed by atoms with Crippen molar-refractivity contribution in [1.29, 1.82) is 0 Å². The molecular weight excluding hydrogens is 246 g/mol. The Hall–Kier alpha value is -2.24. The fourth-order valence-corrected chi connectivity index (χ4v) is 2.15. The SMILES string of the molecule is CCc1cccnc1-c1noc(C2CC2C(=O)O)n1. The van der Waals surface area contributed by atoms with Gasteiger partial charge in [0.15, 0.2) is 0 Å². The molecule has 1 aliphatic carbocycles. The summed E-state index contributed by atoms with van der Waals surface area (Å²) in [7, 11) is 0. The molecule has 6 heteroatoms. The van der Waals surface area contributed by atoms with E-state index < -0.39 is 5.97 Å². The normalized spacial score (nSPS) is 21.3. The Balaban J connectivity index is 1.88. The molecule has 2 heterocycles. The third kappa shape index (κ3) is 2.09. The van der Waals surface area contributed by atoms with Crippen LogP contribution in [0.3, 0.4) is 0 Å². The molecule has 1 saturated carbocycles. The summed E-state index contributed by atoms with van der Waals surface area (Å²) >= 11 is 0. The predicted octanol–water partition coefficient (Wildman–Crippen LogP) is 1.88. The smallest absolute Gasteiger partial charge is 0.307 e. The molecule has 1 aliphatic rings. The van der Waals surface area contributed by atoms with Crippen LogP contribution in [-0.4, -0.2) is 26.2 Å². The average molecular weight is 259 g/mol. The fraction of sp³-hybridized carbons (Fsp3) is 0.385. The maximum Gasteiger partial charge on any atom is 0.307 e. The van der Waals surface area contributed by atoms with Gasteiger partial charge in [0.25, 0.3) is 0 Å². The summed E-state index contributed by atoms with van der Waals surface area (Å²) in [5.41, 5.74) is 1.74. The minimum absolute atomic E-state index is 0.146. The van der Waals surface area contributed by atoms with Gasteiger partial charge in [0, 0.05) is 6.20 Å². The minimum Gasteiger partial charge on any atom is -0.481 e. The van der Waals surface area contributed by atoms with Gasteiger partial charge in [-0.05, 0) is 24.5 Å². The zero-order valence-electron chi connectivity index (χ0n) is 10.4. The number of aryl methyl sites for hydroxylation is 1. The van der Waals surface area contributed by atoms with Crippen LogP contribution in [0.2, 0.25) is 0 Å². The highest BCUT2D eigenvalue weighted by Crippen LogP contribution is 2.47. The van der Waals surface area contributed by atoms with Gasteiger partial charge in [0.2, 0.25) is 11.7 Å². The first-order chi connectivity index (χ1) is 9.20. The van der Waals surface area contributed by atoms with E-state index in [2.05, 4.69) is 15.1 Å². The first-order valence-corrected chi connectivity index (χ1v) is 6.21. The third-order valence-corrected chi connectivity index (χ3v) is 3.35. The van der Waals surface area contributed by atoms with Crippen molar-refractivity contribution < 1.29 is 14.4 Å². The second-order valence-electron chi connectivity index (χ2n) is 4.61. The van der Waals surface area contributed by atoms with Gasteiger partial charge in [-0.3, -0.25) is 9.78 Å². The summed E-state index contributed by atoms with van der Waals surface area (Å²) < 4.78 is 5.16. The molecular formula is C13H13N3O3. The Morgan fingerprint density at radius 1 is 1.58 bits per heavy atom.